The Bertz CT molecular complexity index is 997. The minimum absolute atomic E-state index is 0.0210. The monoisotopic (exact) mass is 347 g/mol. The van der Waals surface area contributed by atoms with Crippen LogP contribution in [0, 0.1) is 0 Å². The summed E-state index contributed by atoms with van der Waals surface area (Å²) in [6.07, 6.45) is 1.69. The zero-order valence-electron chi connectivity index (χ0n) is 14.4. The summed E-state index contributed by atoms with van der Waals surface area (Å²) < 4.78 is 1.83. The molecule has 4 rings (SSSR count). The molecule has 1 saturated heterocycles. The second kappa shape index (κ2) is 6.77. The summed E-state index contributed by atoms with van der Waals surface area (Å²) in [5.41, 5.74) is 8.22. The number of hydrogen-bond donors (Lipinski definition) is 1. The first-order valence-electron chi connectivity index (χ1n) is 8.80. The first-order valence-corrected chi connectivity index (χ1v) is 8.80. The number of benzene rings is 2. The topological polar surface area (TPSA) is 68.3 Å². The summed E-state index contributed by atoms with van der Waals surface area (Å²) in [4.78, 5) is 26.7. The fourth-order valence-electron chi connectivity index (χ4n) is 3.73. The first-order chi connectivity index (χ1) is 12.6. The van der Waals surface area contributed by atoms with E-state index in [4.69, 9.17) is 5.73 Å². The Morgan fingerprint density at radius 2 is 1.73 bits per heavy atom. The lowest BCUT2D eigenvalue weighted by molar-refractivity contribution is -0.130. The Kier molecular flexibility index (Phi) is 4.31. The van der Waals surface area contributed by atoms with Crippen molar-refractivity contribution in [1.29, 1.82) is 0 Å². The third-order valence-electron chi connectivity index (χ3n) is 5.14. The van der Waals surface area contributed by atoms with E-state index >= 15 is 0 Å². The van der Waals surface area contributed by atoms with Gasteiger partial charge in [-0.2, -0.15) is 0 Å². The number of nitrogens with two attached hydrogens (primary N) is 1. The van der Waals surface area contributed by atoms with Gasteiger partial charge in [0, 0.05) is 42.7 Å². The van der Waals surface area contributed by atoms with E-state index < -0.39 is 0 Å². The minimum Gasteiger partial charge on any atom is -0.339 e. The maximum absolute atomic E-state index is 12.8. The molecule has 132 valence electrons. The molecule has 0 saturated carbocycles. The Labute approximate surface area is 151 Å². The molecular weight excluding hydrogens is 326 g/mol. The van der Waals surface area contributed by atoms with Crippen molar-refractivity contribution in [3.63, 3.8) is 0 Å². The standard InChI is InChI=1S/C21H21N3O2/c22-18-13-24(12-17(18)15-6-2-1-3-7-15)21(26)14-23-11-10-20(25)16-8-4-5-9-19(16)23/h1-11,17-18H,12-14,22H2/t17-,18+/m0/s1. The van der Waals surface area contributed by atoms with Crippen molar-refractivity contribution in [2.75, 3.05) is 13.1 Å². The SMILES string of the molecule is N[C@@H]1CN(C(=O)Cn2ccc(=O)c3ccccc32)C[C@H]1c1ccccc1. The van der Waals surface area contributed by atoms with Gasteiger partial charge in [-0.1, -0.05) is 42.5 Å². The predicted molar refractivity (Wildman–Crippen MR) is 102 cm³/mol. The number of pyridine rings is 1. The Morgan fingerprint density at radius 1 is 1.00 bits per heavy atom. The number of carbonyl (C=O) groups is 1. The summed E-state index contributed by atoms with van der Waals surface area (Å²) in [7, 11) is 0. The molecule has 2 heterocycles. The van der Waals surface area contributed by atoms with E-state index in [2.05, 4.69) is 12.1 Å². The van der Waals surface area contributed by atoms with Gasteiger partial charge in [0.15, 0.2) is 5.43 Å². The zero-order valence-corrected chi connectivity index (χ0v) is 14.4. The predicted octanol–water partition coefficient (Wildman–Crippen LogP) is 1.95. The van der Waals surface area contributed by atoms with E-state index in [0.29, 0.717) is 18.5 Å². The van der Waals surface area contributed by atoms with Crippen LogP contribution in [0.2, 0.25) is 0 Å². The maximum atomic E-state index is 12.8. The lowest BCUT2D eigenvalue weighted by Crippen LogP contribution is -2.34. The number of para-hydroxylation sites is 1. The van der Waals surface area contributed by atoms with Crippen LogP contribution in [0.1, 0.15) is 11.5 Å². The van der Waals surface area contributed by atoms with E-state index in [0.717, 1.165) is 5.52 Å². The minimum atomic E-state index is -0.0629. The van der Waals surface area contributed by atoms with Gasteiger partial charge in [-0.3, -0.25) is 9.59 Å². The Balaban J connectivity index is 1.55. The van der Waals surface area contributed by atoms with Gasteiger partial charge >= 0.3 is 0 Å². The quantitative estimate of drug-likeness (QED) is 0.787. The Hall–Kier alpha value is -2.92. The molecule has 1 aromatic heterocycles. The second-order valence-electron chi connectivity index (χ2n) is 6.80. The van der Waals surface area contributed by atoms with Crippen LogP contribution in [-0.2, 0) is 11.3 Å². The molecule has 2 atom stereocenters. The molecule has 0 bridgehead atoms. The maximum Gasteiger partial charge on any atom is 0.242 e. The van der Waals surface area contributed by atoms with Gasteiger partial charge in [0.1, 0.15) is 6.54 Å². The van der Waals surface area contributed by atoms with Gasteiger partial charge in [-0.15, -0.1) is 0 Å². The van der Waals surface area contributed by atoms with Crippen molar-refractivity contribution >= 4 is 16.8 Å². The van der Waals surface area contributed by atoms with Crippen LogP contribution in [0.5, 0.6) is 0 Å². The number of aromatic nitrogens is 1. The normalized spacial score (nSPS) is 19.8. The molecule has 2 aromatic carbocycles. The fraction of sp³-hybridized carbons (Fsp3) is 0.238. The average Bonchev–Trinajstić information content (AvgIpc) is 3.07. The van der Waals surface area contributed by atoms with Gasteiger partial charge in [0.25, 0.3) is 0 Å². The van der Waals surface area contributed by atoms with E-state index in [9.17, 15) is 9.59 Å². The van der Waals surface area contributed by atoms with Crippen LogP contribution >= 0.6 is 0 Å². The number of nitrogens with zero attached hydrogens (tertiary/aromatic N) is 2. The molecule has 0 aliphatic carbocycles. The van der Waals surface area contributed by atoms with Crippen LogP contribution < -0.4 is 11.2 Å². The molecule has 1 amide bonds. The molecule has 1 aliphatic heterocycles. The van der Waals surface area contributed by atoms with Crippen LogP contribution in [0.15, 0.2) is 71.7 Å². The summed E-state index contributed by atoms with van der Waals surface area (Å²) in [6, 6.07) is 18.9. The molecule has 5 heteroatoms. The zero-order chi connectivity index (χ0) is 18.1. The fourth-order valence-corrected chi connectivity index (χ4v) is 3.73. The van der Waals surface area contributed by atoms with Crippen LogP contribution in [-0.4, -0.2) is 34.5 Å². The molecule has 0 unspecified atom stereocenters. The van der Waals surface area contributed by atoms with Gasteiger partial charge in [0.05, 0.1) is 5.52 Å². The number of rotatable bonds is 3. The summed E-state index contributed by atoms with van der Waals surface area (Å²) in [5.74, 6) is 0.179. The lowest BCUT2D eigenvalue weighted by atomic mass is 9.95. The molecule has 3 aromatic rings. The summed E-state index contributed by atoms with van der Waals surface area (Å²) >= 11 is 0. The van der Waals surface area contributed by atoms with Crippen molar-refractivity contribution in [3.05, 3.63) is 82.6 Å². The van der Waals surface area contributed by atoms with Crippen molar-refractivity contribution in [2.24, 2.45) is 5.73 Å². The molecule has 2 N–H and O–H groups in total. The molecule has 1 aliphatic rings. The number of carbonyl (C=O) groups excluding carboxylic acids is 1. The van der Waals surface area contributed by atoms with Gasteiger partial charge in [-0.05, 0) is 17.7 Å². The third-order valence-corrected chi connectivity index (χ3v) is 5.14. The number of amides is 1. The van der Waals surface area contributed by atoms with Gasteiger partial charge in [0.2, 0.25) is 5.91 Å². The van der Waals surface area contributed by atoms with E-state index in [1.165, 1.54) is 11.6 Å². The smallest absolute Gasteiger partial charge is 0.242 e. The highest BCUT2D eigenvalue weighted by Crippen LogP contribution is 2.26. The highest BCUT2D eigenvalue weighted by atomic mass is 16.2. The third kappa shape index (κ3) is 3.02. The molecular formula is C21H21N3O2. The average molecular weight is 347 g/mol. The number of likely N-dealkylation sites (tertiary alicyclic amines) is 1. The van der Waals surface area contributed by atoms with Gasteiger partial charge in [-0.25, -0.2) is 0 Å². The summed E-state index contributed by atoms with van der Waals surface area (Å²) in [5, 5.41) is 0.628. The van der Waals surface area contributed by atoms with E-state index in [1.54, 1.807) is 12.3 Å². The summed E-state index contributed by atoms with van der Waals surface area (Å²) in [6.45, 7) is 1.38. The van der Waals surface area contributed by atoms with Crippen molar-refractivity contribution in [3.8, 4) is 0 Å². The lowest BCUT2D eigenvalue weighted by Gasteiger charge is -2.18. The molecule has 26 heavy (non-hydrogen) atoms. The highest BCUT2D eigenvalue weighted by Gasteiger charge is 2.33. The van der Waals surface area contributed by atoms with Crippen molar-refractivity contribution in [1.82, 2.24) is 9.47 Å². The highest BCUT2D eigenvalue weighted by molar-refractivity contribution is 5.82. The largest absolute Gasteiger partial charge is 0.339 e. The van der Waals surface area contributed by atoms with E-state index in [-0.39, 0.29) is 29.8 Å². The van der Waals surface area contributed by atoms with E-state index in [1.807, 2.05) is 45.9 Å². The van der Waals surface area contributed by atoms with Crippen LogP contribution in [0.4, 0.5) is 0 Å². The number of hydrogen-bond acceptors (Lipinski definition) is 3. The molecule has 1 fully saturated rings. The molecule has 0 radical (unpaired) electrons. The number of fused-ring (bicyclic) bond motifs is 1. The van der Waals surface area contributed by atoms with Crippen LogP contribution in [0.25, 0.3) is 10.9 Å². The second-order valence-corrected chi connectivity index (χ2v) is 6.80. The van der Waals surface area contributed by atoms with Gasteiger partial charge < -0.3 is 15.2 Å². The van der Waals surface area contributed by atoms with Crippen molar-refractivity contribution < 1.29 is 4.79 Å². The molecule has 0 spiro atoms. The Morgan fingerprint density at radius 3 is 2.54 bits per heavy atom. The van der Waals surface area contributed by atoms with Crippen molar-refractivity contribution in [2.45, 2.75) is 18.5 Å². The van der Waals surface area contributed by atoms with Crippen LogP contribution in [0.3, 0.4) is 0 Å². The first kappa shape index (κ1) is 16.5. The molecule has 5 nitrogen and oxygen atoms in total.